The topological polar surface area (TPSA) is 77.1 Å². The van der Waals surface area contributed by atoms with Crippen molar-refractivity contribution in [1.29, 1.82) is 0 Å². The van der Waals surface area contributed by atoms with E-state index in [4.69, 9.17) is 5.73 Å². The van der Waals surface area contributed by atoms with Crippen molar-refractivity contribution >= 4 is 39.1 Å². The molecule has 146 valence electrons. The van der Waals surface area contributed by atoms with Crippen LogP contribution in [-0.4, -0.2) is 16.4 Å². The van der Waals surface area contributed by atoms with Gasteiger partial charge in [0.1, 0.15) is 10.7 Å². The van der Waals surface area contributed by atoms with Gasteiger partial charge in [-0.3, -0.25) is 9.59 Å². The van der Waals surface area contributed by atoms with Gasteiger partial charge in [0.15, 0.2) is 0 Å². The van der Waals surface area contributed by atoms with Gasteiger partial charge in [0, 0.05) is 22.3 Å². The molecule has 0 saturated carbocycles. The summed E-state index contributed by atoms with van der Waals surface area (Å²) in [5.41, 5.74) is 9.85. The smallest absolute Gasteiger partial charge is 0.273 e. The largest absolute Gasteiger partial charge is 0.365 e. The Morgan fingerprint density at radius 3 is 2.79 bits per heavy atom. The lowest BCUT2D eigenvalue weighted by Gasteiger charge is -2.18. The van der Waals surface area contributed by atoms with Crippen molar-refractivity contribution < 1.29 is 9.59 Å². The number of nitrogens with two attached hydrogens (primary N) is 1. The molecule has 1 aliphatic carbocycles. The number of rotatable bonds is 4. The number of carbonyl (C=O) groups is 2. The number of anilines is 1. The molecule has 0 bridgehead atoms. The Morgan fingerprint density at radius 1 is 1.32 bits per heavy atom. The Balaban J connectivity index is 1.77. The third-order valence-corrected chi connectivity index (χ3v) is 6.91. The van der Waals surface area contributed by atoms with Crippen LogP contribution in [0.4, 0.5) is 5.00 Å². The number of primary amides is 1. The van der Waals surface area contributed by atoms with Crippen LogP contribution in [0.3, 0.4) is 0 Å². The zero-order chi connectivity index (χ0) is 20.0. The first kappa shape index (κ1) is 18.7. The lowest BCUT2D eigenvalue weighted by Crippen LogP contribution is -2.21. The number of aryl methyl sites for hydroxylation is 2. The number of nitrogens with zero attached hydrogens (tertiary/aromatic N) is 1. The van der Waals surface area contributed by atoms with Gasteiger partial charge in [-0.2, -0.15) is 0 Å². The molecule has 3 N–H and O–H groups in total. The number of nitrogens with one attached hydrogen (secondary N) is 1. The number of aromatic nitrogens is 1. The SMILES string of the molecule is CCn1c(C(=O)Nc2sc3c(c2C(N)=O)CCC(C)C3)c(C)c2ccccc21. The van der Waals surface area contributed by atoms with Crippen molar-refractivity contribution in [3.8, 4) is 0 Å². The molecule has 0 saturated heterocycles. The van der Waals surface area contributed by atoms with Crippen LogP contribution in [0.5, 0.6) is 0 Å². The number of amides is 2. The van der Waals surface area contributed by atoms with Gasteiger partial charge >= 0.3 is 0 Å². The van der Waals surface area contributed by atoms with E-state index in [0.29, 0.717) is 28.7 Å². The van der Waals surface area contributed by atoms with Crippen molar-refractivity contribution in [3.05, 3.63) is 51.5 Å². The summed E-state index contributed by atoms with van der Waals surface area (Å²) in [5, 5.41) is 4.67. The summed E-state index contributed by atoms with van der Waals surface area (Å²) in [6, 6.07) is 8.03. The van der Waals surface area contributed by atoms with E-state index in [-0.39, 0.29) is 5.91 Å². The number of thiophene rings is 1. The summed E-state index contributed by atoms with van der Waals surface area (Å²) in [5.74, 6) is -0.0694. The number of hydrogen-bond acceptors (Lipinski definition) is 3. The van der Waals surface area contributed by atoms with E-state index in [9.17, 15) is 9.59 Å². The normalized spacial score (nSPS) is 16.2. The molecule has 1 aliphatic rings. The maximum Gasteiger partial charge on any atom is 0.273 e. The molecular weight excluding hydrogens is 370 g/mol. The molecule has 2 aromatic heterocycles. The van der Waals surface area contributed by atoms with Crippen LogP contribution < -0.4 is 11.1 Å². The van der Waals surface area contributed by atoms with Gasteiger partial charge in [-0.05, 0) is 56.2 Å². The van der Waals surface area contributed by atoms with Gasteiger partial charge in [-0.1, -0.05) is 25.1 Å². The number of fused-ring (bicyclic) bond motifs is 2. The predicted molar refractivity (Wildman–Crippen MR) is 114 cm³/mol. The average Bonchev–Trinajstić information content (AvgIpc) is 3.16. The zero-order valence-electron chi connectivity index (χ0n) is 16.5. The van der Waals surface area contributed by atoms with Crippen molar-refractivity contribution in [1.82, 2.24) is 4.57 Å². The van der Waals surface area contributed by atoms with E-state index in [0.717, 1.165) is 41.3 Å². The Morgan fingerprint density at radius 2 is 2.07 bits per heavy atom. The molecule has 28 heavy (non-hydrogen) atoms. The van der Waals surface area contributed by atoms with Gasteiger partial charge in [-0.15, -0.1) is 11.3 Å². The highest BCUT2D eigenvalue weighted by Gasteiger charge is 2.28. The second-order valence-corrected chi connectivity index (χ2v) is 8.71. The minimum Gasteiger partial charge on any atom is -0.365 e. The van der Waals surface area contributed by atoms with Crippen molar-refractivity contribution in [2.24, 2.45) is 11.7 Å². The standard InChI is InChI=1S/C22H25N3O2S/c1-4-25-16-8-6-5-7-14(16)13(3)19(25)21(27)24-22-18(20(23)26)15-10-9-12(2)11-17(15)28-22/h5-8,12H,4,9-11H2,1-3H3,(H2,23,26)(H,24,27). The Labute approximate surface area is 168 Å². The fourth-order valence-corrected chi connectivity index (χ4v) is 5.77. The minimum atomic E-state index is -0.463. The number of hydrogen-bond donors (Lipinski definition) is 2. The van der Waals surface area contributed by atoms with E-state index < -0.39 is 5.91 Å². The monoisotopic (exact) mass is 395 g/mol. The first-order chi connectivity index (χ1) is 13.4. The van der Waals surface area contributed by atoms with Crippen LogP contribution >= 0.6 is 11.3 Å². The molecule has 0 spiro atoms. The highest BCUT2D eigenvalue weighted by Crippen LogP contribution is 2.40. The van der Waals surface area contributed by atoms with Crippen molar-refractivity contribution in [3.63, 3.8) is 0 Å². The van der Waals surface area contributed by atoms with Crippen molar-refractivity contribution in [2.75, 3.05) is 5.32 Å². The fraction of sp³-hybridized carbons (Fsp3) is 0.364. The van der Waals surface area contributed by atoms with E-state index in [1.165, 1.54) is 16.2 Å². The second kappa shape index (κ2) is 7.09. The quantitative estimate of drug-likeness (QED) is 0.682. The molecular formula is C22H25N3O2S. The molecule has 0 radical (unpaired) electrons. The van der Waals surface area contributed by atoms with Gasteiger partial charge in [0.25, 0.3) is 11.8 Å². The van der Waals surface area contributed by atoms with Crippen LogP contribution in [0, 0.1) is 12.8 Å². The lowest BCUT2D eigenvalue weighted by atomic mass is 9.88. The molecule has 5 nitrogen and oxygen atoms in total. The fourth-order valence-electron chi connectivity index (χ4n) is 4.36. The zero-order valence-corrected chi connectivity index (χ0v) is 17.3. The highest BCUT2D eigenvalue weighted by molar-refractivity contribution is 7.17. The molecule has 2 amide bonds. The molecule has 3 aromatic rings. The highest BCUT2D eigenvalue weighted by atomic mass is 32.1. The molecule has 1 aromatic carbocycles. The summed E-state index contributed by atoms with van der Waals surface area (Å²) >= 11 is 1.50. The maximum absolute atomic E-state index is 13.3. The average molecular weight is 396 g/mol. The van der Waals surface area contributed by atoms with Crippen LogP contribution in [0.25, 0.3) is 10.9 Å². The van der Waals surface area contributed by atoms with E-state index in [1.54, 1.807) is 0 Å². The van der Waals surface area contributed by atoms with E-state index in [2.05, 4.69) is 12.2 Å². The summed E-state index contributed by atoms with van der Waals surface area (Å²) in [7, 11) is 0. The number of benzene rings is 1. The number of para-hydroxylation sites is 1. The summed E-state index contributed by atoms with van der Waals surface area (Å²) in [4.78, 5) is 26.6. The van der Waals surface area contributed by atoms with E-state index >= 15 is 0 Å². The molecule has 6 heteroatoms. The first-order valence-corrected chi connectivity index (χ1v) is 10.6. The van der Waals surface area contributed by atoms with Crippen molar-refractivity contribution in [2.45, 2.75) is 46.6 Å². The second-order valence-electron chi connectivity index (χ2n) is 7.61. The maximum atomic E-state index is 13.3. The summed E-state index contributed by atoms with van der Waals surface area (Å²) < 4.78 is 2.03. The minimum absolute atomic E-state index is 0.190. The van der Waals surface area contributed by atoms with Crippen LogP contribution in [0.1, 0.15) is 57.1 Å². The van der Waals surface area contributed by atoms with Gasteiger partial charge in [0.2, 0.25) is 0 Å². The van der Waals surface area contributed by atoms with Crippen LogP contribution in [0.15, 0.2) is 24.3 Å². The molecule has 4 rings (SSSR count). The Hall–Kier alpha value is -2.60. The molecule has 0 aliphatic heterocycles. The predicted octanol–water partition coefficient (Wildman–Crippen LogP) is 4.51. The van der Waals surface area contributed by atoms with E-state index in [1.807, 2.05) is 42.7 Å². The van der Waals surface area contributed by atoms with Crippen LogP contribution in [-0.2, 0) is 19.4 Å². The van der Waals surface area contributed by atoms with Gasteiger partial charge in [-0.25, -0.2) is 0 Å². The molecule has 2 heterocycles. The third kappa shape index (κ3) is 2.92. The number of carbonyl (C=O) groups excluding carboxylic acids is 2. The Kier molecular flexibility index (Phi) is 4.75. The van der Waals surface area contributed by atoms with Gasteiger partial charge < -0.3 is 15.6 Å². The van der Waals surface area contributed by atoms with Crippen LogP contribution in [0.2, 0.25) is 0 Å². The molecule has 0 fully saturated rings. The third-order valence-electron chi connectivity index (χ3n) is 5.74. The molecule has 1 atom stereocenters. The summed E-state index contributed by atoms with van der Waals surface area (Å²) in [6.07, 6.45) is 2.82. The Bertz CT molecular complexity index is 1090. The first-order valence-electron chi connectivity index (χ1n) is 9.75. The van der Waals surface area contributed by atoms with Gasteiger partial charge in [0.05, 0.1) is 5.56 Å². The lowest BCUT2D eigenvalue weighted by molar-refractivity contribution is 0.1000. The molecule has 1 unspecified atom stereocenters. The summed E-state index contributed by atoms with van der Waals surface area (Å²) in [6.45, 7) is 6.91.